The third kappa shape index (κ3) is 7.01. The van der Waals surface area contributed by atoms with Crippen molar-refractivity contribution < 1.29 is 22.5 Å². The number of halogens is 1. The summed E-state index contributed by atoms with van der Waals surface area (Å²) in [6, 6.07) is 13.6. The summed E-state index contributed by atoms with van der Waals surface area (Å²) in [5.74, 6) is 1.26. The van der Waals surface area contributed by atoms with Gasteiger partial charge in [-0.1, -0.05) is 0 Å². The van der Waals surface area contributed by atoms with Crippen molar-refractivity contribution in [3.05, 3.63) is 129 Å². The predicted octanol–water partition coefficient (Wildman–Crippen LogP) is 6.82. The summed E-state index contributed by atoms with van der Waals surface area (Å²) in [4.78, 5) is 42.3. The molecule has 6 aromatic rings. The average Bonchev–Trinajstić information content (AvgIpc) is 3.62. The molecular formula is C46H49FN10O5S. The first-order valence-corrected chi connectivity index (χ1v) is 23.2. The van der Waals surface area contributed by atoms with E-state index in [1.54, 1.807) is 74.5 Å². The SMILES string of the molecule is Cc1nnc(C2(n3c(C(=O)N4CCC(N)=C(C(=Nc5cc(C)c(F)c(C)c5)n5ccn(-c6ccc(S7(=O)=NCCC7)cc6)c5=O)[C@@H]4C)cc4cc(C5CCOCC5)ncc43)CC2)o1. The fourth-order valence-electron chi connectivity index (χ4n) is 9.48. The van der Waals surface area contributed by atoms with E-state index >= 15 is 4.79 Å². The van der Waals surface area contributed by atoms with E-state index in [0.717, 1.165) is 35.9 Å². The molecule has 15 nitrogen and oxygen atoms in total. The van der Waals surface area contributed by atoms with Crippen LogP contribution in [-0.4, -0.2) is 87.8 Å². The van der Waals surface area contributed by atoms with E-state index in [0.29, 0.717) is 107 Å². The molecule has 4 aromatic heterocycles. The highest BCUT2D eigenvalue weighted by atomic mass is 32.2. The third-order valence-electron chi connectivity index (χ3n) is 13.0. The molecule has 10 rings (SSSR count). The molecule has 0 radical (unpaired) electrons. The van der Waals surface area contributed by atoms with Crippen molar-refractivity contribution in [1.29, 1.82) is 0 Å². The zero-order valence-corrected chi connectivity index (χ0v) is 36.5. The molecule has 7 heterocycles. The Kier molecular flexibility index (Phi) is 10.1. The minimum atomic E-state index is -2.47. The highest BCUT2D eigenvalue weighted by Gasteiger charge is 2.54. The maximum atomic E-state index is 15.4. The number of fused-ring (bicyclic) bond motifs is 1. The number of carbonyl (C=O) groups is 1. The minimum Gasteiger partial charge on any atom is -0.423 e. The van der Waals surface area contributed by atoms with Gasteiger partial charge in [0.1, 0.15) is 22.9 Å². The Hall–Kier alpha value is -6.20. The quantitative estimate of drug-likeness (QED) is 0.127. The first-order valence-electron chi connectivity index (χ1n) is 21.5. The molecule has 63 heavy (non-hydrogen) atoms. The van der Waals surface area contributed by atoms with Gasteiger partial charge in [0.15, 0.2) is 0 Å². The molecular weight excluding hydrogens is 824 g/mol. The molecule has 4 aliphatic rings. The number of nitrogens with zero attached hydrogens (tertiary/aromatic N) is 9. The number of hydrogen-bond acceptors (Lipinski definition) is 11. The van der Waals surface area contributed by atoms with Crippen LogP contribution >= 0.6 is 0 Å². The summed E-state index contributed by atoms with van der Waals surface area (Å²) in [6.07, 6.45) is 9.31. The van der Waals surface area contributed by atoms with E-state index in [9.17, 15) is 13.4 Å². The Balaban J connectivity index is 1.07. The topological polar surface area (TPSA) is 181 Å². The van der Waals surface area contributed by atoms with Crippen LogP contribution in [0.3, 0.4) is 0 Å². The van der Waals surface area contributed by atoms with Gasteiger partial charge in [-0.15, -0.1) is 10.2 Å². The molecule has 2 N–H and O–H groups in total. The van der Waals surface area contributed by atoms with Crippen molar-refractivity contribution in [2.24, 2.45) is 15.1 Å². The molecule has 17 heteroatoms. The summed E-state index contributed by atoms with van der Waals surface area (Å²) >= 11 is 0. The maximum absolute atomic E-state index is 15.4. The second-order valence-electron chi connectivity index (χ2n) is 17.1. The van der Waals surface area contributed by atoms with Gasteiger partial charge in [-0.2, -0.15) is 0 Å². The monoisotopic (exact) mass is 872 g/mol. The van der Waals surface area contributed by atoms with Gasteiger partial charge < -0.3 is 24.4 Å². The molecule has 1 unspecified atom stereocenters. The van der Waals surface area contributed by atoms with Crippen LogP contribution in [0.2, 0.25) is 0 Å². The Morgan fingerprint density at radius 1 is 1.02 bits per heavy atom. The van der Waals surface area contributed by atoms with Gasteiger partial charge in [0.05, 0.1) is 38.9 Å². The lowest BCUT2D eigenvalue weighted by Gasteiger charge is -2.37. The number of ether oxygens (including phenoxy) is 1. The second-order valence-corrected chi connectivity index (χ2v) is 19.6. The summed E-state index contributed by atoms with van der Waals surface area (Å²) < 4.78 is 49.3. The van der Waals surface area contributed by atoms with Crippen molar-refractivity contribution in [3.8, 4) is 5.69 Å². The van der Waals surface area contributed by atoms with Crippen LogP contribution in [0.25, 0.3) is 16.6 Å². The first-order chi connectivity index (χ1) is 30.3. The smallest absolute Gasteiger partial charge is 0.338 e. The fourth-order valence-corrected chi connectivity index (χ4v) is 11.5. The summed E-state index contributed by atoms with van der Waals surface area (Å²) in [7, 11) is -2.47. The lowest BCUT2D eigenvalue weighted by molar-refractivity contribution is 0.0697. The number of benzene rings is 2. The molecule has 0 bridgehead atoms. The highest BCUT2D eigenvalue weighted by molar-refractivity contribution is 7.93. The Labute approximate surface area is 363 Å². The fraction of sp³-hybridized carbons (Fsp3) is 0.391. The van der Waals surface area contributed by atoms with E-state index in [2.05, 4.69) is 20.6 Å². The largest absolute Gasteiger partial charge is 0.423 e. The predicted molar refractivity (Wildman–Crippen MR) is 236 cm³/mol. The number of carbonyl (C=O) groups excluding carboxylic acids is 1. The Morgan fingerprint density at radius 3 is 2.43 bits per heavy atom. The molecule has 1 saturated heterocycles. The number of aliphatic imine (C=N–C) groups is 1. The van der Waals surface area contributed by atoms with Gasteiger partial charge in [-0.3, -0.25) is 18.9 Å². The summed E-state index contributed by atoms with van der Waals surface area (Å²) in [5.41, 5.74) is 10.7. The zero-order chi connectivity index (χ0) is 43.8. The average molecular weight is 873 g/mol. The lowest BCUT2D eigenvalue weighted by atomic mass is 9.95. The van der Waals surface area contributed by atoms with E-state index in [-0.39, 0.29) is 23.5 Å². The lowest BCUT2D eigenvalue weighted by Crippen LogP contribution is -2.48. The molecule has 3 aliphatic heterocycles. The summed E-state index contributed by atoms with van der Waals surface area (Å²) in [6.45, 7) is 9.20. The van der Waals surface area contributed by atoms with E-state index in [1.807, 2.05) is 23.8 Å². The molecule has 1 saturated carbocycles. The van der Waals surface area contributed by atoms with Crippen molar-refractivity contribution in [1.82, 2.24) is 33.8 Å². The standard InChI is InChI=1S/C46H49FN10O5S/c1-27-22-33(23-28(2)41(27)47)51-42(56-18-17-55(45(56)59)34-6-8-35(9-7-34)63(60)21-5-15-50-63)40-29(3)54(16-10-36(40)48)43(58)38-25-32-24-37(31-11-19-61-20-12-31)49-26-39(32)57(38)46(13-14-46)44-53-52-30(4)62-44/h6-9,17-18,22-26,29,31H,5,10-16,19-21,48H2,1-4H3/t29-,63?/m0/s1. The zero-order valence-electron chi connectivity index (χ0n) is 35.7. The number of aryl methyl sites for hydroxylation is 3. The van der Waals surface area contributed by atoms with Crippen LogP contribution in [-0.2, 0) is 20.0 Å². The van der Waals surface area contributed by atoms with Crippen molar-refractivity contribution in [3.63, 3.8) is 0 Å². The minimum absolute atomic E-state index is 0.210. The number of imidazole rings is 1. The van der Waals surface area contributed by atoms with E-state index in [1.165, 1.54) is 9.13 Å². The first kappa shape index (κ1) is 40.8. The number of rotatable bonds is 8. The van der Waals surface area contributed by atoms with Crippen LogP contribution in [0.5, 0.6) is 0 Å². The van der Waals surface area contributed by atoms with Crippen LogP contribution < -0.4 is 11.4 Å². The maximum Gasteiger partial charge on any atom is 0.338 e. The number of amides is 1. The number of aromatic nitrogens is 6. The number of pyridine rings is 1. The number of hydrogen-bond donors (Lipinski definition) is 1. The van der Waals surface area contributed by atoms with Gasteiger partial charge >= 0.3 is 5.69 Å². The van der Waals surface area contributed by atoms with Gasteiger partial charge in [-0.05, 0) is 113 Å². The van der Waals surface area contributed by atoms with Crippen LogP contribution in [0.4, 0.5) is 10.1 Å². The van der Waals surface area contributed by atoms with Crippen LogP contribution in [0.15, 0.2) is 102 Å². The number of nitrogens with two attached hydrogens (primary N) is 1. The molecule has 326 valence electrons. The van der Waals surface area contributed by atoms with Crippen molar-refractivity contribution in [2.75, 3.05) is 32.1 Å². The second kappa shape index (κ2) is 15.6. The van der Waals surface area contributed by atoms with E-state index < -0.39 is 27.0 Å². The van der Waals surface area contributed by atoms with Crippen LogP contribution in [0, 0.1) is 26.6 Å². The molecule has 1 amide bonds. The van der Waals surface area contributed by atoms with Crippen molar-refractivity contribution in [2.45, 2.75) is 88.6 Å². The van der Waals surface area contributed by atoms with Crippen LogP contribution in [0.1, 0.15) is 90.5 Å². The third-order valence-corrected chi connectivity index (χ3v) is 15.5. The van der Waals surface area contributed by atoms with Gasteiger partial charge in [0.2, 0.25) is 11.8 Å². The van der Waals surface area contributed by atoms with Gasteiger partial charge in [0, 0.05) is 91.0 Å². The molecule has 2 fully saturated rings. The van der Waals surface area contributed by atoms with Gasteiger partial charge in [0.25, 0.3) is 5.91 Å². The van der Waals surface area contributed by atoms with Gasteiger partial charge in [-0.25, -0.2) is 22.7 Å². The molecule has 2 aromatic carbocycles. The van der Waals surface area contributed by atoms with E-state index in [4.69, 9.17) is 24.9 Å². The summed E-state index contributed by atoms with van der Waals surface area (Å²) in [5, 5.41) is 9.48. The molecule has 1 aliphatic carbocycles. The van der Waals surface area contributed by atoms with Crippen molar-refractivity contribution >= 4 is 38.1 Å². The Bertz CT molecular complexity index is 3040. The highest BCUT2D eigenvalue weighted by Crippen LogP contribution is 2.52. The normalized spacial score (nSPS) is 21.6. The Morgan fingerprint density at radius 2 is 1.76 bits per heavy atom. The molecule has 0 spiro atoms. The molecule has 2 atom stereocenters.